The summed E-state index contributed by atoms with van der Waals surface area (Å²) >= 11 is 0. The van der Waals surface area contributed by atoms with Gasteiger partial charge in [-0.1, -0.05) is 31.5 Å². The van der Waals surface area contributed by atoms with E-state index >= 15 is 0 Å². The highest BCUT2D eigenvalue weighted by Gasteiger charge is 2.14. The van der Waals surface area contributed by atoms with Gasteiger partial charge in [0.15, 0.2) is 0 Å². The van der Waals surface area contributed by atoms with Crippen LogP contribution < -0.4 is 9.71 Å². The maximum atomic E-state index is 14.2. The Hall–Kier alpha value is -1.97. The molecule has 0 radical (unpaired) electrons. The fraction of sp³-hybridized carbons (Fsp3) is 0.400. The van der Waals surface area contributed by atoms with Crippen LogP contribution >= 0.6 is 0 Å². The van der Waals surface area contributed by atoms with Crippen molar-refractivity contribution in [3.8, 4) is 0 Å². The maximum Gasteiger partial charge on any atom is 0.217 e. The van der Waals surface area contributed by atoms with Crippen LogP contribution in [0.25, 0.3) is 0 Å². The van der Waals surface area contributed by atoms with Crippen molar-refractivity contribution in [3.63, 3.8) is 0 Å². The summed E-state index contributed by atoms with van der Waals surface area (Å²) in [6.45, 7) is 3.98. The molecule has 0 aliphatic carbocycles. The quantitative estimate of drug-likeness (QED) is 0.774. The molecule has 1 aliphatic rings. The summed E-state index contributed by atoms with van der Waals surface area (Å²) in [6, 6.07) is 12.3. The van der Waals surface area contributed by atoms with E-state index in [2.05, 4.69) is 41.9 Å². The molecule has 0 amide bonds. The Labute approximate surface area is 145 Å². The van der Waals surface area contributed by atoms with Gasteiger partial charge in [-0.3, -0.25) is 0 Å². The predicted octanol–water partition coefficient (Wildman–Crippen LogP) is 3.72. The Morgan fingerprint density at radius 3 is 2.79 bits per heavy atom. The third-order valence-electron chi connectivity index (χ3n) is 4.92. The molecule has 1 aliphatic heterocycles. The molecule has 24 heavy (non-hydrogen) atoms. The zero-order chi connectivity index (χ0) is 17.1. The van der Waals surface area contributed by atoms with Crippen molar-refractivity contribution in [3.05, 3.63) is 58.9 Å². The summed E-state index contributed by atoms with van der Waals surface area (Å²) in [5, 5.41) is 0. The van der Waals surface area contributed by atoms with Gasteiger partial charge >= 0.3 is 0 Å². The Balaban J connectivity index is 1.76. The van der Waals surface area contributed by atoms with Gasteiger partial charge in [0.1, 0.15) is 5.82 Å². The first kappa shape index (κ1) is 16.9. The van der Waals surface area contributed by atoms with Crippen molar-refractivity contribution in [2.45, 2.75) is 39.2 Å². The minimum absolute atomic E-state index is 0.0913. The van der Waals surface area contributed by atoms with E-state index in [-0.39, 0.29) is 5.82 Å². The van der Waals surface area contributed by atoms with Gasteiger partial charge in [0.05, 0.1) is 0 Å². The van der Waals surface area contributed by atoms with Crippen LogP contribution in [0.5, 0.6) is 0 Å². The summed E-state index contributed by atoms with van der Waals surface area (Å²) in [5.74, 6) is -0.0913. The van der Waals surface area contributed by atoms with Gasteiger partial charge in [0.2, 0.25) is 7.98 Å². The second kappa shape index (κ2) is 7.29. The Bertz CT molecular complexity index is 717. The fourth-order valence-electron chi connectivity index (χ4n) is 3.51. The van der Waals surface area contributed by atoms with Gasteiger partial charge in [0, 0.05) is 31.5 Å². The molecule has 0 fully saturated rings. The molecule has 0 bridgehead atoms. The first-order chi connectivity index (χ1) is 11.6. The molecule has 3 rings (SSSR count). The van der Waals surface area contributed by atoms with Crippen molar-refractivity contribution in [1.82, 2.24) is 0 Å². The summed E-state index contributed by atoms with van der Waals surface area (Å²) in [6.07, 6.45) is 4.16. The predicted molar refractivity (Wildman–Crippen MR) is 103 cm³/mol. The molecule has 0 unspecified atom stereocenters. The van der Waals surface area contributed by atoms with Crippen LogP contribution in [0.3, 0.4) is 0 Å². The van der Waals surface area contributed by atoms with Crippen LogP contribution in [0.15, 0.2) is 36.4 Å². The van der Waals surface area contributed by atoms with Gasteiger partial charge in [0.25, 0.3) is 0 Å². The normalized spacial score (nSPS) is 13.7. The summed E-state index contributed by atoms with van der Waals surface area (Å²) in [7, 11) is 4.19. The second-order valence-electron chi connectivity index (χ2n) is 6.87. The SMILES string of the molecule is BN(Cc1ccc2c(c1)N(C)CCC2)c1ccc(CCC)c(F)c1. The van der Waals surface area contributed by atoms with Gasteiger partial charge in [-0.05, 0) is 54.2 Å². The summed E-state index contributed by atoms with van der Waals surface area (Å²) < 4.78 is 14.2. The highest BCUT2D eigenvalue weighted by molar-refractivity contribution is 6.17. The van der Waals surface area contributed by atoms with Crippen LogP contribution in [0.4, 0.5) is 15.8 Å². The molecule has 4 heteroatoms. The number of rotatable bonds is 5. The number of nitrogens with zero attached hydrogens (tertiary/aromatic N) is 2. The van der Waals surface area contributed by atoms with E-state index in [1.54, 1.807) is 6.07 Å². The van der Waals surface area contributed by atoms with E-state index in [4.69, 9.17) is 0 Å². The molecule has 0 spiro atoms. The maximum absolute atomic E-state index is 14.2. The molecule has 2 nitrogen and oxygen atoms in total. The molecule has 0 saturated heterocycles. The first-order valence-corrected chi connectivity index (χ1v) is 8.91. The first-order valence-electron chi connectivity index (χ1n) is 8.91. The molecule has 0 atom stereocenters. The van der Waals surface area contributed by atoms with E-state index in [0.717, 1.165) is 37.2 Å². The molecule has 1 heterocycles. The van der Waals surface area contributed by atoms with Crippen molar-refractivity contribution in [1.29, 1.82) is 0 Å². The van der Waals surface area contributed by atoms with Crippen molar-refractivity contribution in [2.75, 3.05) is 23.3 Å². The number of fused-ring (bicyclic) bond motifs is 1. The van der Waals surface area contributed by atoms with Crippen molar-refractivity contribution < 1.29 is 4.39 Å². The highest BCUT2D eigenvalue weighted by Crippen LogP contribution is 2.28. The van der Waals surface area contributed by atoms with Crippen molar-refractivity contribution >= 4 is 19.4 Å². The minimum atomic E-state index is -0.0913. The van der Waals surface area contributed by atoms with Crippen molar-refractivity contribution in [2.24, 2.45) is 0 Å². The highest BCUT2D eigenvalue weighted by atomic mass is 19.1. The zero-order valence-electron chi connectivity index (χ0n) is 15.0. The fourth-order valence-corrected chi connectivity index (χ4v) is 3.51. The molecular weight excluding hydrogens is 298 g/mol. The average Bonchev–Trinajstić information content (AvgIpc) is 2.57. The molecule has 0 aromatic heterocycles. The number of halogens is 1. The van der Waals surface area contributed by atoms with E-state index in [0.29, 0.717) is 0 Å². The lowest BCUT2D eigenvalue weighted by Gasteiger charge is -2.29. The summed E-state index contributed by atoms with van der Waals surface area (Å²) in [4.78, 5) is 4.45. The van der Waals surface area contributed by atoms with Gasteiger partial charge < -0.3 is 9.71 Å². The molecule has 126 valence electrons. The van der Waals surface area contributed by atoms with Gasteiger partial charge in [-0.15, -0.1) is 0 Å². The summed E-state index contributed by atoms with van der Waals surface area (Å²) in [5.41, 5.74) is 5.79. The molecule has 2 aromatic rings. The minimum Gasteiger partial charge on any atom is -0.418 e. The zero-order valence-corrected chi connectivity index (χ0v) is 15.0. The topological polar surface area (TPSA) is 6.48 Å². The lowest BCUT2D eigenvalue weighted by Crippen LogP contribution is -2.25. The standard InChI is InChI=1S/C20H26BFN2/c1-3-5-16-9-10-18(13-19(16)22)24(21)14-15-7-8-17-6-4-11-23(2)20(17)12-15/h7-10,12-13H,3-6,11,14,21H2,1-2H3. The monoisotopic (exact) mass is 324 g/mol. The Morgan fingerprint density at radius 2 is 2.04 bits per heavy atom. The third kappa shape index (κ3) is 3.58. The van der Waals surface area contributed by atoms with Crippen LogP contribution in [0, 0.1) is 5.82 Å². The van der Waals surface area contributed by atoms with E-state index in [1.807, 2.05) is 20.1 Å². The molecular formula is C20H26BFN2. The molecule has 0 saturated carbocycles. The van der Waals surface area contributed by atoms with Crippen LogP contribution in [0.1, 0.15) is 36.5 Å². The second-order valence-corrected chi connectivity index (χ2v) is 6.87. The van der Waals surface area contributed by atoms with Crippen LogP contribution in [0.2, 0.25) is 0 Å². The largest absolute Gasteiger partial charge is 0.418 e. The Morgan fingerprint density at radius 1 is 1.21 bits per heavy atom. The van der Waals surface area contributed by atoms with Crippen LogP contribution in [-0.4, -0.2) is 21.6 Å². The van der Waals surface area contributed by atoms with E-state index < -0.39 is 0 Å². The lowest BCUT2D eigenvalue weighted by molar-refractivity contribution is 0.607. The Kier molecular flexibility index (Phi) is 5.13. The smallest absolute Gasteiger partial charge is 0.217 e. The number of anilines is 2. The van der Waals surface area contributed by atoms with E-state index in [1.165, 1.54) is 29.7 Å². The van der Waals surface area contributed by atoms with E-state index in [9.17, 15) is 4.39 Å². The average molecular weight is 324 g/mol. The van der Waals surface area contributed by atoms with Gasteiger partial charge in [-0.25, -0.2) is 4.39 Å². The number of benzene rings is 2. The molecule has 2 aromatic carbocycles. The van der Waals surface area contributed by atoms with Gasteiger partial charge in [-0.2, -0.15) is 0 Å². The lowest BCUT2D eigenvalue weighted by atomic mass is 9.99. The van der Waals surface area contributed by atoms with Crippen LogP contribution in [-0.2, 0) is 19.4 Å². The third-order valence-corrected chi connectivity index (χ3v) is 4.92. The molecule has 0 N–H and O–H groups in total. The number of hydrogen-bond donors (Lipinski definition) is 0. The number of hydrogen-bond acceptors (Lipinski definition) is 2. The number of aryl methyl sites for hydroxylation is 2.